The van der Waals surface area contributed by atoms with Crippen molar-refractivity contribution in [1.82, 2.24) is 9.13 Å². The number of hydrogen-bond donors (Lipinski definition) is 0. The lowest BCUT2D eigenvalue weighted by Crippen LogP contribution is -2.46. The molecule has 1 aliphatic heterocycles. The summed E-state index contributed by atoms with van der Waals surface area (Å²) in [5, 5.41) is 0. The quantitative estimate of drug-likeness (QED) is 0.745. The Hall–Kier alpha value is -3.29. The predicted molar refractivity (Wildman–Crippen MR) is 114 cm³/mol. The van der Waals surface area contributed by atoms with Crippen molar-refractivity contribution in [2.45, 2.75) is 33.5 Å². The van der Waals surface area contributed by atoms with Crippen molar-refractivity contribution in [2.75, 3.05) is 26.2 Å². The molecule has 0 amide bonds. The van der Waals surface area contributed by atoms with E-state index >= 15 is 0 Å². The summed E-state index contributed by atoms with van der Waals surface area (Å²) >= 11 is 0. The molecular weight excluding hydrogens is 372 g/mol. The first-order valence-corrected chi connectivity index (χ1v) is 9.51. The molecule has 0 atom stereocenters. The molecule has 3 rings (SSSR count). The van der Waals surface area contributed by atoms with Crippen LogP contribution >= 0.6 is 0 Å². The van der Waals surface area contributed by atoms with Crippen molar-refractivity contribution >= 4 is 17.6 Å². The average molecular weight is 398 g/mol. The number of benzene rings is 1. The van der Waals surface area contributed by atoms with Gasteiger partial charge in [-0.25, -0.2) is 4.79 Å². The molecule has 0 bridgehead atoms. The molecule has 154 valence electrons. The summed E-state index contributed by atoms with van der Waals surface area (Å²) in [6, 6.07) is 5.61. The minimum atomic E-state index is -0.286. The maximum Gasteiger partial charge on any atom is 0.331 e. The van der Waals surface area contributed by atoms with Crippen LogP contribution in [-0.4, -0.2) is 36.2 Å². The zero-order chi connectivity index (χ0) is 21.1. The van der Waals surface area contributed by atoms with E-state index in [-0.39, 0.29) is 17.8 Å². The number of amidine groups is 1. The van der Waals surface area contributed by atoms with Crippen LogP contribution in [0, 0.1) is 0 Å². The fourth-order valence-electron chi connectivity index (χ4n) is 3.50. The molecule has 2 heterocycles. The summed E-state index contributed by atoms with van der Waals surface area (Å²) < 4.78 is 13.5. The number of hydrogen-bond acceptors (Lipinski definition) is 6. The van der Waals surface area contributed by atoms with E-state index in [9.17, 15) is 9.59 Å². The minimum absolute atomic E-state index is 0.285. The van der Waals surface area contributed by atoms with Gasteiger partial charge in [0.05, 0.1) is 26.5 Å². The molecule has 0 spiro atoms. The molecule has 1 aliphatic rings. The van der Waals surface area contributed by atoms with Crippen molar-refractivity contribution < 1.29 is 9.47 Å². The second kappa shape index (κ2) is 8.38. The van der Waals surface area contributed by atoms with Gasteiger partial charge < -0.3 is 14.4 Å². The Morgan fingerprint density at radius 1 is 1.03 bits per heavy atom. The van der Waals surface area contributed by atoms with Gasteiger partial charge in [-0.05, 0) is 37.6 Å². The molecule has 1 aromatic carbocycles. The monoisotopic (exact) mass is 398 g/mol. The van der Waals surface area contributed by atoms with E-state index in [0.29, 0.717) is 41.8 Å². The van der Waals surface area contributed by atoms with E-state index in [1.54, 1.807) is 37.7 Å². The summed E-state index contributed by atoms with van der Waals surface area (Å²) in [6.07, 6.45) is 3.75. The molecule has 8 heteroatoms. The second-order valence-electron chi connectivity index (χ2n) is 6.55. The van der Waals surface area contributed by atoms with Crippen molar-refractivity contribution in [3.05, 3.63) is 56.4 Å². The third-order valence-corrected chi connectivity index (χ3v) is 5.04. The number of likely N-dealkylation sites (N-methyl/N-ethyl adjacent to an activating group) is 1. The normalized spacial score (nSPS) is 13.4. The number of anilines is 1. The van der Waals surface area contributed by atoms with E-state index < -0.39 is 0 Å². The number of nitrogens with zero attached hydrogens (tertiary/aromatic N) is 4. The van der Waals surface area contributed by atoms with Crippen LogP contribution in [0.3, 0.4) is 0 Å². The zero-order valence-corrected chi connectivity index (χ0v) is 17.4. The van der Waals surface area contributed by atoms with Crippen LogP contribution in [0.25, 0.3) is 6.08 Å². The Morgan fingerprint density at radius 3 is 2.34 bits per heavy atom. The molecule has 8 nitrogen and oxygen atoms in total. The van der Waals surface area contributed by atoms with Crippen LogP contribution in [0.15, 0.2) is 38.9 Å². The Kier molecular flexibility index (Phi) is 5.91. The van der Waals surface area contributed by atoms with Crippen LogP contribution in [0.4, 0.5) is 5.69 Å². The molecule has 0 unspecified atom stereocenters. The van der Waals surface area contributed by atoms with Gasteiger partial charge in [-0.3, -0.25) is 18.9 Å². The highest BCUT2D eigenvalue weighted by Gasteiger charge is 2.25. The SMILES string of the molecule is CCn1c2c(c(=O)n(CC)c1=O)N(C)C(/C=C/c1ccc(OC)c(OC)c1)=NC2. The number of fused-ring (bicyclic) bond motifs is 1. The summed E-state index contributed by atoms with van der Waals surface area (Å²) in [5.74, 6) is 1.94. The van der Waals surface area contributed by atoms with Crippen LogP contribution < -0.4 is 25.6 Å². The molecule has 29 heavy (non-hydrogen) atoms. The lowest BCUT2D eigenvalue weighted by Gasteiger charge is -2.28. The van der Waals surface area contributed by atoms with E-state index in [2.05, 4.69) is 4.99 Å². The predicted octanol–water partition coefficient (Wildman–Crippen LogP) is 2.13. The molecule has 0 saturated heterocycles. The third-order valence-electron chi connectivity index (χ3n) is 5.04. The summed E-state index contributed by atoms with van der Waals surface area (Å²) in [4.78, 5) is 31.8. The Bertz CT molecular complexity index is 1100. The van der Waals surface area contributed by atoms with Crippen LogP contribution in [0.1, 0.15) is 25.1 Å². The molecule has 1 aromatic heterocycles. The van der Waals surface area contributed by atoms with Crippen LogP contribution in [-0.2, 0) is 19.6 Å². The Labute approximate surface area is 169 Å². The largest absolute Gasteiger partial charge is 0.493 e. The lowest BCUT2D eigenvalue weighted by molar-refractivity contribution is 0.355. The van der Waals surface area contributed by atoms with Gasteiger partial charge in [0, 0.05) is 20.1 Å². The van der Waals surface area contributed by atoms with Crippen molar-refractivity contribution in [1.29, 1.82) is 0 Å². The maximum absolute atomic E-state index is 12.9. The number of aliphatic imine (C=N–C) groups is 1. The number of methoxy groups -OCH3 is 2. The summed E-state index contributed by atoms with van der Waals surface area (Å²) in [5.41, 5.74) is 1.49. The Morgan fingerprint density at radius 2 is 1.72 bits per heavy atom. The number of aromatic nitrogens is 2. The van der Waals surface area contributed by atoms with E-state index in [4.69, 9.17) is 9.47 Å². The second-order valence-corrected chi connectivity index (χ2v) is 6.55. The molecule has 0 aliphatic carbocycles. The van der Waals surface area contributed by atoms with Crippen LogP contribution in [0.2, 0.25) is 0 Å². The van der Waals surface area contributed by atoms with Gasteiger partial charge in [0.1, 0.15) is 11.5 Å². The molecule has 0 N–H and O–H groups in total. The van der Waals surface area contributed by atoms with Gasteiger partial charge in [-0.15, -0.1) is 0 Å². The lowest BCUT2D eigenvalue weighted by atomic mass is 10.1. The van der Waals surface area contributed by atoms with Gasteiger partial charge in [-0.1, -0.05) is 12.1 Å². The van der Waals surface area contributed by atoms with Gasteiger partial charge in [-0.2, -0.15) is 0 Å². The summed E-state index contributed by atoms with van der Waals surface area (Å²) in [6.45, 7) is 4.79. The fraction of sp³-hybridized carbons (Fsp3) is 0.381. The number of rotatable bonds is 6. The van der Waals surface area contributed by atoms with Crippen LogP contribution in [0.5, 0.6) is 11.5 Å². The number of ether oxygens (including phenoxy) is 2. The van der Waals surface area contributed by atoms with E-state index in [1.807, 2.05) is 37.3 Å². The van der Waals surface area contributed by atoms with E-state index in [1.165, 1.54) is 4.57 Å². The van der Waals surface area contributed by atoms with Crippen molar-refractivity contribution in [3.8, 4) is 11.5 Å². The van der Waals surface area contributed by atoms with Crippen molar-refractivity contribution in [2.24, 2.45) is 4.99 Å². The highest BCUT2D eigenvalue weighted by Crippen LogP contribution is 2.28. The molecule has 0 radical (unpaired) electrons. The molecule has 0 saturated carbocycles. The highest BCUT2D eigenvalue weighted by atomic mass is 16.5. The van der Waals surface area contributed by atoms with Crippen molar-refractivity contribution in [3.63, 3.8) is 0 Å². The molecule has 0 fully saturated rings. The molecule has 2 aromatic rings. The zero-order valence-electron chi connectivity index (χ0n) is 17.4. The Balaban J connectivity index is 1.99. The topological polar surface area (TPSA) is 78.1 Å². The van der Waals surface area contributed by atoms with Gasteiger partial charge in [0.2, 0.25) is 0 Å². The first-order chi connectivity index (χ1) is 14.0. The average Bonchev–Trinajstić information content (AvgIpc) is 2.73. The minimum Gasteiger partial charge on any atom is -0.493 e. The smallest absolute Gasteiger partial charge is 0.331 e. The summed E-state index contributed by atoms with van der Waals surface area (Å²) in [7, 11) is 4.98. The first kappa shape index (κ1) is 20.4. The maximum atomic E-state index is 12.9. The highest BCUT2D eigenvalue weighted by molar-refractivity contribution is 6.08. The van der Waals surface area contributed by atoms with E-state index in [0.717, 1.165) is 5.56 Å². The first-order valence-electron chi connectivity index (χ1n) is 9.51. The van der Waals surface area contributed by atoms with Gasteiger partial charge in [0.25, 0.3) is 5.56 Å². The van der Waals surface area contributed by atoms with Gasteiger partial charge >= 0.3 is 5.69 Å². The molecular formula is C21H26N4O4. The fourth-order valence-corrected chi connectivity index (χ4v) is 3.50. The standard InChI is InChI=1S/C21H26N4O4/c1-6-24-15-13-22-18(23(3)19(15)20(26)25(7-2)21(24)27)11-9-14-8-10-16(28-4)17(12-14)29-5/h8-12H,6-7,13H2,1-5H3/b11-9+. The third kappa shape index (κ3) is 3.57. The van der Waals surface area contributed by atoms with Gasteiger partial charge in [0.15, 0.2) is 11.5 Å².